The van der Waals surface area contributed by atoms with E-state index in [-0.39, 0.29) is 17.6 Å². The quantitative estimate of drug-likeness (QED) is 0.390. The van der Waals surface area contributed by atoms with Crippen LogP contribution in [0.2, 0.25) is 0 Å². The second kappa shape index (κ2) is 8.05. The van der Waals surface area contributed by atoms with Crippen molar-refractivity contribution in [3.63, 3.8) is 0 Å². The Morgan fingerprint density at radius 1 is 1.00 bits per heavy atom. The van der Waals surface area contributed by atoms with Gasteiger partial charge in [-0.15, -0.1) is 0 Å². The number of aromatic nitrogens is 4. The number of aryl methyl sites for hydroxylation is 3. The van der Waals surface area contributed by atoms with Crippen molar-refractivity contribution < 1.29 is 13.7 Å². The van der Waals surface area contributed by atoms with E-state index in [1.807, 2.05) is 62.4 Å². The molecule has 0 aliphatic carbocycles. The fraction of sp³-hybridized carbons (Fsp3) is 0.200. The minimum absolute atomic E-state index is 0.144. The van der Waals surface area contributed by atoms with E-state index in [1.54, 1.807) is 14.0 Å². The number of hydrogen-bond donors (Lipinski definition) is 0. The van der Waals surface area contributed by atoms with Crippen molar-refractivity contribution in [3.8, 4) is 28.5 Å². The van der Waals surface area contributed by atoms with Gasteiger partial charge in [-0.3, -0.25) is 4.79 Å². The van der Waals surface area contributed by atoms with Gasteiger partial charge in [0, 0.05) is 11.1 Å². The van der Waals surface area contributed by atoms with Crippen molar-refractivity contribution in [2.45, 2.75) is 27.3 Å². The summed E-state index contributed by atoms with van der Waals surface area (Å²) in [5.41, 5.74) is 3.90. The van der Waals surface area contributed by atoms with E-state index < -0.39 is 0 Å². The molecule has 0 spiro atoms. The van der Waals surface area contributed by atoms with Gasteiger partial charge in [-0.1, -0.05) is 23.4 Å². The Morgan fingerprint density at radius 3 is 2.48 bits per heavy atom. The van der Waals surface area contributed by atoms with E-state index in [4.69, 9.17) is 13.7 Å². The molecule has 5 aromatic rings. The van der Waals surface area contributed by atoms with Crippen molar-refractivity contribution in [2.75, 3.05) is 7.11 Å². The summed E-state index contributed by atoms with van der Waals surface area (Å²) in [4.78, 5) is 17.8. The highest BCUT2D eigenvalue weighted by atomic mass is 16.5. The minimum Gasteiger partial charge on any atom is -0.497 e. The molecule has 33 heavy (non-hydrogen) atoms. The van der Waals surface area contributed by atoms with Gasteiger partial charge in [0.05, 0.1) is 19.0 Å². The molecular formula is C25H22N4O4. The summed E-state index contributed by atoms with van der Waals surface area (Å²) < 4.78 is 17.9. The van der Waals surface area contributed by atoms with Gasteiger partial charge in [-0.2, -0.15) is 5.10 Å². The molecule has 8 heteroatoms. The molecule has 3 heterocycles. The highest BCUT2D eigenvalue weighted by molar-refractivity contribution is 5.93. The van der Waals surface area contributed by atoms with Crippen LogP contribution < -0.4 is 10.3 Å². The number of fused-ring (bicyclic) bond motifs is 1. The van der Waals surface area contributed by atoms with Crippen LogP contribution in [0.15, 0.2) is 62.3 Å². The first kappa shape index (κ1) is 20.7. The summed E-state index contributed by atoms with van der Waals surface area (Å²) in [6.07, 6.45) is 0. The van der Waals surface area contributed by atoms with E-state index in [0.29, 0.717) is 34.2 Å². The smallest absolute Gasteiger partial charge is 0.297 e. The van der Waals surface area contributed by atoms with Gasteiger partial charge in [0.25, 0.3) is 5.56 Å². The summed E-state index contributed by atoms with van der Waals surface area (Å²) in [5, 5.41) is 9.28. The lowest BCUT2D eigenvalue weighted by molar-refractivity contribution is 0.405. The summed E-state index contributed by atoms with van der Waals surface area (Å²) in [5.74, 6) is 2.41. The highest BCUT2D eigenvalue weighted by Gasteiger charge is 2.21. The summed E-state index contributed by atoms with van der Waals surface area (Å²) in [6, 6.07) is 15.3. The van der Waals surface area contributed by atoms with Crippen molar-refractivity contribution in [2.24, 2.45) is 0 Å². The lowest BCUT2D eigenvalue weighted by Gasteiger charge is -2.08. The molecule has 0 N–H and O–H groups in total. The second-order valence-corrected chi connectivity index (χ2v) is 7.84. The first-order valence-corrected chi connectivity index (χ1v) is 10.5. The van der Waals surface area contributed by atoms with Crippen molar-refractivity contribution in [3.05, 3.63) is 81.7 Å². The Hall–Kier alpha value is -4.20. The van der Waals surface area contributed by atoms with E-state index >= 15 is 0 Å². The Kier molecular flexibility index (Phi) is 5.05. The Balaban J connectivity index is 1.62. The third-order valence-electron chi connectivity index (χ3n) is 5.69. The molecule has 166 valence electrons. The zero-order valence-corrected chi connectivity index (χ0v) is 18.7. The third-order valence-corrected chi connectivity index (χ3v) is 5.69. The zero-order valence-electron chi connectivity index (χ0n) is 18.7. The molecular weight excluding hydrogens is 420 g/mol. The maximum absolute atomic E-state index is 13.2. The number of benzene rings is 2. The maximum Gasteiger partial charge on any atom is 0.297 e. The van der Waals surface area contributed by atoms with Crippen LogP contribution in [0.5, 0.6) is 5.75 Å². The van der Waals surface area contributed by atoms with Crippen LogP contribution in [-0.4, -0.2) is 27.0 Å². The SMILES string of the molecule is COc1ccc(-c2nn(Cc3nc(-c4ccccc4C)oc3C)c(=O)c3noc(C)c23)cc1. The monoisotopic (exact) mass is 442 g/mol. The number of oxazole rings is 1. The van der Waals surface area contributed by atoms with Crippen LogP contribution in [0.3, 0.4) is 0 Å². The number of rotatable bonds is 5. The molecule has 0 unspecified atom stereocenters. The van der Waals surface area contributed by atoms with Crippen LogP contribution >= 0.6 is 0 Å². The average molecular weight is 442 g/mol. The number of nitrogens with zero attached hydrogens (tertiary/aromatic N) is 4. The lowest BCUT2D eigenvalue weighted by Crippen LogP contribution is -2.25. The maximum atomic E-state index is 13.2. The summed E-state index contributed by atoms with van der Waals surface area (Å²) >= 11 is 0. The molecule has 0 saturated heterocycles. The van der Waals surface area contributed by atoms with Crippen LogP contribution in [0.4, 0.5) is 0 Å². The van der Waals surface area contributed by atoms with E-state index in [2.05, 4.69) is 15.2 Å². The summed E-state index contributed by atoms with van der Waals surface area (Å²) in [6.45, 7) is 5.75. The molecule has 0 radical (unpaired) electrons. The highest BCUT2D eigenvalue weighted by Crippen LogP contribution is 2.29. The van der Waals surface area contributed by atoms with Gasteiger partial charge in [-0.05, 0) is 56.7 Å². The number of methoxy groups -OCH3 is 1. The predicted octanol–water partition coefficient (Wildman–Crippen LogP) is 4.69. The van der Waals surface area contributed by atoms with Gasteiger partial charge < -0.3 is 13.7 Å². The first-order valence-electron chi connectivity index (χ1n) is 10.5. The van der Waals surface area contributed by atoms with Gasteiger partial charge in [0.2, 0.25) is 5.89 Å². The predicted molar refractivity (Wildman–Crippen MR) is 123 cm³/mol. The molecule has 0 aliphatic heterocycles. The first-order chi connectivity index (χ1) is 16.0. The molecule has 8 nitrogen and oxygen atoms in total. The zero-order chi connectivity index (χ0) is 23.1. The Morgan fingerprint density at radius 2 is 1.76 bits per heavy atom. The third kappa shape index (κ3) is 3.59. The minimum atomic E-state index is -0.348. The molecule has 3 aromatic heterocycles. The summed E-state index contributed by atoms with van der Waals surface area (Å²) in [7, 11) is 1.61. The van der Waals surface area contributed by atoms with Crippen molar-refractivity contribution >= 4 is 10.9 Å². The fourth-order valence-corrected chi connectivity index (χ4v) is 3.84. The van der Waals surface area contributed by atoms with Crippen molar-refractivity contribution in [1.82, 2.24) is 19.9 Å². The van der Waals surface area contributed by atoms with Crippen LogP contribution in [0.25, 0.3) is 33.6 Å². The largest absolute Gasteiger partial charge is 0.497 e. The van der Waals surface area contributed by atoms with Crippen LogP contribution in [0.1, 0.15) is 22.8 Å². The topological polar surface area (TPSA) is 96.2 Å². The van der Waals surface area contributed by atoms with Gasteiger partial charge in [-0.25, -0.2) is 9.67 Å². The molecule has 0 amide bonds. The number of hydrogen-bond acceptors (Lipinski definition) is 7. The number of ether oxygens (including phenoxy) is 1. The molecule has 5 rings (SSSR count). The van der Waals surface area contributed by atoms with Gasteiger partial charge >= 0.3 is 0 Å². The van der Waals surface area contributed by atoms with Crippen molar-refractivity contribution in [1.29, 1.82) is 0 Å². The molecule has 2 aromatic carbocycles. The lowest BCUT2D eigenvalue weighted by atomic mass is 10.1. The van der Waals surface area contributed by atoms with Gasteiger partial charge in [0.15, 0.2) is 5.52 Å². The molecule has 0 fully saturated rings. The molecule has 0 aliphatic rings. The normalized spacial score (nSPS) is 11.3. The van der Waals surface area contributed by atoms with E-state index in [0.717, 1.165) is 22.4 Å². The molecule has 0 atom stereocenters. The fourth-order valence-electron chi connectivity index (χ4n) is 3.84. The standard InChI is InChI=1S/C25H22N4O4/c1-14-7-5-6-8-19(14)24-26-20(15(2)32-24)13-29-25(30)23-21(16(3)33-28-23)22(27-29)17-9-11-18(31-4)12-10-17/h5-12H,13H2,1-4H3. The second-order valence-electron chi connectivity index (χ2n) is 7.84. The van der Waals surface area contributed by atoms with Crippen LogP contribution in [-0.2, 0) is 6.54 Å². The Bertz CT molecular complexity index is 1530. The molecule has 0 saturated carbocycles. The van der Waals surface area contributed by atoms with Crippen LogP contribution in [0, 0.1) is 20.8 Å². The molecule has 0 bridgehead atoms. The Labute approximate surface area is 189 Å². The average Bonchev–Trinajstić information content (AvgIpc) is 3.39. The van der Waals surface area contributed by atoms with E-state index in [9.17, 15) is 4.79 Å². The van der Waals surface area contributed by atoms with Gasteiger partial charge in [0.1, 0.15) is 28.7 Å². The van der Waals surface area contributed by atoms with E-state index in [1.165, 1.54) is 4.68 Å².